The van der Waals surface area contributed by atoms with Crippen molar-refractivity contribution in [2.24, 2.45) is 5.41 Å². The summed E-state index contributed by atoms with van der Waals surface area (Å²) in [4.78, 5) is 0. The molecule has 0 saturated carbocycles. The topological polar surface area (TPSA) is 30.5 Å². The maximum absolute atomic E-state index is 6.06. The largest absolute Gasteiger partial charge is 0.501 e. The normalized spacial score (nSPS) is 19.5. The number of nitrogens with one attached hydrogen (secondary N) is 1. The van der Waals surface area contributed by atoms with Gasteiger partial charge >= 0.3 is 0 Å². The van der Waals surface area contributed by atoms with Crippen LogP contribution in [0, 0.1) is 5.41 Å². The highest BCUT2D eigenvalue weighted by molar-refractivity contribution is 5.14. The first-order valence-electron chi connectivity index (χ1n) is 7.66. The number of rotatable bonds is 7. The molecule has 0 fully saturated rings. The Morgan fingerprint density at radius 1 is 1.37 bits per heavy atom. The highest BCUT2D eigenvalue weighted by Crippen LogP contribution is 2.30. The molecule has 1 aliphatic heterocycles. The Morgan fingerprint density at radius 2 is 2.11 bits per heavy atom. The lowest BCUT2D eigenvalue weighted by Gasteiger charge is -2.39. The summed E-state index contributed by atoms with van der Waals surface area (Å²) in [5.41, 5.74) is 1.47. The second kappa shape index (κ2) is 7.91. The lowest BCUT2D eigenvalue weighted by molar-refractivity contribution is -0.0298. The molecule has 2 atom stereocenters. The van der Waals surface area contributed by atoms with Gasteiger partial charge in [0.1, 0.15) is 0 Å². The van der Waals surface area contributed by atoms with E-state index in [1.165, 1.54) is 5.57 Å². The molecule has 112 valence electrons. The van der Waals surface area contributed by atoms with Crippen LogP contribution in [0.5, 0.6) is 0 Å². The molecule has 3 nitrogen and oxygen atoms in total. The monoisotopic (exact) mass is 269 g/mol. The van der Waals surface area contributed by atoms with Crippen molar-refractivity contribution < 1.29 is 9.47 Å². The fraction of sp³-hybridized carbons (Fsp3) is 0.875. The van der Waals surface area contributed by atoms with Gasteiger partial charge in [0.15, 0.2) is 0 Å². The summed E-state index contributed by atoms with van der Waals surface area (Å²) in [6.07, 6.45) is 5.49. The zero-order valence-electron chi connectivity index (χ0n) is 13.3. The third-order valence-corrected chi connectivity index (χ3v) is 3.48. The summed E-state index contributed by atoms with van der Waals surface area (Å²) < 4.78 is 11.6. The highest BCUT2D eigenvalue weighted by Gasteiger charge is 2.35. The molecule has 0 amide bonds. The average molecular weight is 269 g/mol. The van der Waals surface area contributed by atoms with E-state index in [1.54, 1.807) is 0 Å². The van der Waals surface area contributed by atoms with E-state index >= 15 is 0 Å². The standard InChI is InChI=1S/C16H31NO2/c1-6-10-17-14(13-9-8-11-18-12-13)15(19-7-2)16(3,4)5/h12,14-15,17H,6-11H2,1-5H3. The zero-order valence-corrected chi connectivity index (χ0v) is 13.3. The lowest BCUT2D eigenvalue weighted by Crippen LogP contribution is -2.50. The average Bonchev–Trinajstić information content (AvgIpc) is 2.38. The second-order valence-electron chi connectivity index (χ2n) is 6.34. The Labute approximate surface area is 118 Å². The van der Waals surface area contributed by atoms with Gasteiger partial charge in [-0.25, -0.2) is 0 Å². The van der Waals surface area contributed by atoms with Gasteiger partial charge in [0.2, 0.25) is 0 Å². The SMILES string of the molecule is CCCNC(C1=COCCC1)C(OCC)C(C)(C)C. The fourth-order valence-electron chi connectivity index (χ4n) is 2.57. The molecular weight excluding hydrogens is 238 g/mol. The van der Waals surface area contributed by atoms with E-state index in [-0.39, 0.29) is 17.6 Å². The summed E-state index contributed by atoms with van der Waals surface area (Å²) >= 11 is 0. The van der Waals surface area contributed by atoms with Gasteiger partial charge in [-0.15, -0.1) is 0 Å². The van der Waals surface area contributed by atoms with Crippen LogP contribution < -0.4 is 5.32 Å². The third-order valence-electron chi connectivity index (χ3n) is 3.48. The first-order valence-corrected chi connectivity index (χ1v) is 7.66. The van der Waals surface area contributed by atoms with Gasteiger partial charge in [-0.2, -0.15) is 0 Å². The molecule has 1 heterocycles. The van der Waals surface area contributed by atoms with Crippen LogP contribution in [-0.4, -0.2) is 31.9 Å². The summed E-state index contributed by atoms with van der Waals surface area (Å²) in [5, 5.41) is 3.66. The molecule has 0 aliphatic carbocycles. The van der Waals surface area contributed by atoms with Crippen LogP contribution in [0.4, 0.5) is 0 Å². The molecule has 0 spiro atoms. The van der Waals surface area contributed by atoms with Gasteiger partial charge in [0.25, 0.3) is 0 Å². The van der Waals surface area contributed by atoms with Crippen molar-refractivity contribution in [1.82, 2.24) is 5.32 Å². The lowest BCUT2D eigenvalue weighted by atomic mass is 9.80. The van der Waals surface area contributed by atoms with Crippen molar-refractivity contribution >= 4 is 0 Å². The van der Waals surface area contributed by atoms with Crippen molar-refractivity contribution in [2.75, 3.05) is 19.8 Å². The molecular formula is C16H31NO2. The minimum absolute atomic E-state index is 0.111. The molecule has 3 heteroatoms. The third kappa shape index (κ3) is 5.15. The quantitative estimate of drug-likeness (QED) is 0.767. The van der Waals surface area contributed by atoms with Crippen LogP contribution in [0.2, 0.25) is 0 Å². The molecule has 0 aromatic carbocycles. The van der Waals surface area contributed by atoms with Gasteiger partial charge < -0.3 is 14.8 Å². The number of hydrogen-bond donors (Lipinski definition) is 1. The molecule has 19 heavy (non-hydrogen) atoms. The van der Waals surface area contributed by atoms with Gasteiger partial charge in [-0.05, 0) is 43.7 Å². The van der Waals surface area contributed by atoms with E-state index in [4.69, 9.17) is 9.47 Å². The van der Waals surface area contributed by atoms with E-state index < -0.39 is 0 Å². The predicted molar refractivity (Wildman–Crippen MR) is 80.2 cm³/mol. The molecule has 1 N–H and O–H groups in total. The summed E-state index contributed by atoms with van der Waals surface area (Å²) in [6, 6.07) is 0.264. The second-order valence-corrected chi connectivity index (χ2v) is 6.34. The molecule has 0 bridgehead atoms. The Balaban J connectivity index is 2.88. The van der Waals surface area contributed by atoms with Crippen LogP contribution in [0.25, 0.3) is 0 Å². The van der Waals surface area contributed by atoms with Crippen molar-refractivity contribution in [1.29, 1.82) is 0 Å². The molecule has 0 aromatic rings. The summed E-state index contributed by atoms with van der Waals surface area (Å²) in [6.45, 7) is 13.6. The van der Waals surface area contributed by atoms with E-state index in [9.17, 15) is 0 Å². The van der Waals surface area contributed by atoms with Crippen molar-refractivity contribution in [3.05, 3.63) is 11.8 Å². The minimum atomic E-state index is 0.111. The van der Waals surface area contributed by atoms with E-state index in [0.717, 1.165) is 39.0 Å². The summed E-state index contributed by atoms with van der Waals surface area (Å²) in [5.74, 6) is 0. The van der Waals surface area contributed by atoms with Gasteiger partial charge in [-0.1, -0.05) is 27.7 Å². The Morgan fingerprint density at radius 3 is 2.58 bits per heavy atom. The molecule has 0 aromatic heterocycles. The molecule has 1 rings (SSSR count). The van der Waals surface area contributed by atoms with Crippen LogP contribution in [0.3, 0.4) is 0 Å². The van der Waals surface area contributed by atoms with Crippen LogP contribution >= 0.6 is 0 Å². The predicted octanol–water partition coefficient (Wildman–Crippen LogP) is 3.50. The van der Waals surface area contributed by atoms with E-state index in [2.05, 4.69) is 39.9 Å². The first-order chi connectivity index (χ1) is 9.00. The van der Waals surface area contributed by atoms with Crippen LogP contribution in [-0.2, 0) is 9.47 Å². The molecule has 0 saturated heterocycles. The Hall–Kier alpha value is -0.540. The fourth-order valence-corrected chi connectivity index (χ4v) is 2.57. The van der Waals surface area contributed by atoms with Crippen molar-refractivity contribution in [3.8, 4) is 0 Å². The number of hydrogen-bond acceptors (Lipinski definition) is 3. The highest BCUT2D eigenvalue weighted by atomic mass is 16.5. The van der Waals surface area contributed by atoms with Crippen molar-refractivity contribution in [2.45, 2.75) is 66.0 Å². The number of ether oxygens (including phenoxy) is 2. The van der Waals surface area contributed by atoms with Crippen LogP contribution in [0.1, 0.15) is 53.9 Å². The van der Waals surface area contributed by atoms with E-state index in [1.807, 2.05) is 6.26 Å². The van der Waals surface area contributed by atoms with E-state index in [0.29, 0.717) is 0 Å². The van der Waals surface area contributed by atoms with Gasteiger partial charge in [-0.3, -0.25) is 0 Å². The summed E-state index contributed by atoms with van der Waals surface area (Å²) in [7, 11) is 0. The van der Waals surface area contributed by atoms with Gasteiger partial charge in [0, 0.05) is 6.61 Å². The Kier molecular flexibility index (Phi) is 6.87. The molecule has 1 aliphatic rings. The maximum Gasteiger partial charge on any atom is 0.0876 e. The maximum atomic E-state index is 6.06. The Bertz CT molecular complexity index is 281. The first kappa shape index (κ1) is 16.5. The van der Waals surface area contributed by atoms with Crippen molar-refractivity contribution in [3.63, 3.8) is 0 Å². The zero-order chi connectivity index (χ0) is 14.3. The molecule has 2 unspecified atom stereocenters. The molecule has 0 radical (unpaired) electrons. The smallest absolute Gasteiger partial charge is 0.0876 e. The minimum Gasteiger partial charge on any atom is -0.501 e. The van der Waals surface area contributed by atoms with Gasteiger partial charge in [0.05, 0.1) is 25.0 Å². The van der Waals surface area contributed by atoms with Crippen LogP contribution in [0.15, 0.2) is 11.8 Å².